The average Bonchev–Trinajstić information content (AvgIpc) is 2.69. The van der Waals surface area contributed by atoms with Crippen LogP contribution in [0.1, 0.15) is 25.8 Å². The first-order valence-electron chi connectivity index (χ1n) is 9.23. The number of nitrogens with one attached hydrogen (secondary N) is 1. The van der Waals surface area contributed by atoms with Gasteiger partial charge >= 0.3 is 12.1 Å². The summed E-state index contributed by atoms with van der Waals surface area (Å²) < 4.78 is 54.7. The maximum absolute atomic E-state index is 13.0. The molecule has 0 aromatic heterocycles. The first kappa shape index (κ1) is 23.1. The minimum atomic E-state index is -4.62. The molecule has 0 saturated carbocycles. The molecule has 162 valence electrons. The second-order valence-electron chi connectivity index (χ2n) is 6.17. The molecule has 0 radical (unpaired) electrons. The van der Waals surface area contributed by atoms with Crippen molar-refractivity contribution < 1.29 is 37.0 Å². The normalized spacial score (nSPS) is 12.0. The largest absolute Gasteiger partial charge is 0.494 e. The van der Waals surface area contributed by atoms with Gasteiger partial charge in [0.15, 0.2) is 6.10 Å². The number of carbonyl (C=O) groups is 2. The van der Waals surface area contributed by atoms with Gasteiger partial charge in [-0.1, -0.05) is 12.1 Å². The number of anilines is 1. The van der Waals surface area contributed by atoms with Crippen molar-refractivity contribution in [1.82, 2.24) is 0 Å². The predicted octanol–water partition coefficient (Wildman–Crippen LogP) is 4.44. The van der Waals surface area contributed by atoms with E-state index >= 15 is 0 Å². The van der Waals surface area contributed by atoms with Gasteiger partial charge in [0.05, 0.1) is 30.9 Å². The molecule has 1 N–H and O–H groups in total. The Morgan fingerprint density at radius 1 is 1.00 bits per heavy atom. The van der Waals surface area contributed by atoms with E-state index in [1.54, 1.807) is 24.3 Å². The summed E-state index contributed by atoms with van der Waals surface area (Å²) in [5.41, 5.74) is -1.39. The molecule has 0 heterocycles. The molecule has 2 aromatic carbocycles. The fourth-order valence-corrected chi connectivity index (χ4v) is 2.43. The lowest BCUT2D eigenvalue weighted by molar-refractivity contribution is -0.153. The monoisotopic (exact) mass is 425 g/mol. The number of hydrogen-bond acceptors (Lipinski definition) is 5. The van der Waals surface area contributed by atoms with Crippen LogP contribution < -0.4 is 14.8 Å². The third kappa shape index (κ3) is 6.98. The zero-order chi connectivity index (χ0) is 22.1. The molecule has 0 bridgehead atoms. The lowest BCUT2D eigenvalue weighted by Crippen LogP contribution is -2.31. The van der Waals surface area contributed by atoms with Crippen molar-refractivity contribution in [2.24, 2.45) is 0 Å². The third-order valence-electron chi connectivity index (χ3n) is 3.88. The zero-order valence-corrected chi connectivity index (χ0v) is 16.5. The Bertz CT molecular complexity index is 852. The van der Waals surface area contributed by atoms with E-state index in [0.717, 1.165) is 12.1 Å². The number of amides is 1. The first-order valence-corrected chi connectivity index (χ1v) is 9.23. The smallest absolute Gasteiger partial charge is 0.418 e. The van der Waals surface area contributed by atoms with Gasteiger partial charge in [-0.25, -0.2) is 0 Å². The van der Waals surface area contributed by atoms with Crippen molar-refractivity contribution in [3.8, 4) is 11.5 Å². The summed E-state index contributed by atoms with van der Waals surface area (Å²) in [5, 5.41) is 2.14. The third-order valence-corrected chi connectivity index (χ3v) is 3.88. The summed E-state index contributed by atoms with van der Waals surface area (Å²) in [6.07, 6.45) is -6.03. The van der Waals surface area contributed by atoms with E-state index in [9.17, 15) is 22.8 Å². The minimum absolute atomic E-state index is 0.0120. The Morgan fingerprint density at radius 3 is 2.20 bits per heavy atom. The second-order valence-corrected chi connectivity index (χ2v) is 6.17. The van der Waals surface area contributed by atoms with Crippen molar-refractivity contribution in [1.29, 1.82) is 0 Å². The van der Waals surface area contributed by atoms with E-state index in [0.29, 0.717) is 18.1 Å². The van der Waals surface area contributed by atoms with Gasteiger partial charge in [-0.3, -0.25) is 9.59 Å². The van der Waals surface area contributed by atoms with Crippen molar-refractivity contribution in [3.63, 3.8) is 0 Å². The molecule has 0 aliphatic carbocycles. The first-order chi connectivity index (χ1) is 14.2. The molecule has 2 aromatic rings. The number of ether oxygens (including phenoxy) is 3. The minimum Gasteiger partial charge on any atom is -0.494 e. The van der Waals surface area contributed by atoms with Crippen LogP contribution in [-0.2, 0) is 20.5 Å². The van der Waals surface area contributed by atoms with E-state index in [-0.39, 0.29) is 13.0 Å². The molecule has 0 fully saturated rings. The molecular weight excluding hydrogens is 403 g/mol. The van der Waals surface area contributed by atoms with Crippen molar-refractivity contribution >= 4 is 17.6 Å². The van der Waals surface area contributed by atoms with E-state index < -0.39 is 35.4 Å². The number of alkyl halides is 3. The highest BCUT2D eigenvalue weighted by Gasteiger charge is 2.34. The van der Waals surface area contributed by atoms with Crippen LogP contribution >= 0.6 is 0 Å². The molecular formula is C21H22F3NO5. The van der Waals surface area contributed by atoms with Crippen LogP contribution in [0, 0.1) is 0 Å². The van der Waals surface area contributed by atoms with Gasteiger partial charge in [-0.05, 0) is 50.2 Å². The van der Waals surface area contributed by atoms with Crippen LogP contribution in [0.3, 0.4) is 0 Å². The maximum atomic E-state index is 13.0. The fourth-order valence-electron chi connectivity index (χ4n) is 2.43. The molecule has 1 amide bonds. The molecule has 0 spiro atoms. The van der Waals surface area contributed by atoms with Crippen LogP contribution in [0.5, 0.6) is 11.5 Å². The molecule has 0 aliphatic rings. The van der Waals surface area contributed by atoms with Crippen molar-refractivity contribution in [2.45, 2.75) is 32.5 Å². The summed E-state index contributed by atoms with van der Waals surface area (Å²) in [6.45, 7) is 3.70. The van der Waals surface area contributed by atoms with Crippen LogP contribution in [0.2, 0.25) is 0 Å². The number of rotatable bonds is 9. The molecule has 6 nitrogen and oxygen atoms in total. The van der Waals surface area contributed by atoms with E-state index in [1.807, 2.05) is 6.92 Å². The van der Waals surface area contributed by atoms with Crippen LogP contribution in [-0.4, -0.2) is 31.2 Å². The predicted molar refractivity (Wildman–Crippen MR) is 103 cm³/mol. The molecule has 2 rings (SSSR count). The van der Waals surface area contributed by atoms with E-state index in [4.69, 9.17) is 14.2 Å². The SMILES string of the molecule is CCOc1ccc(OCCC(=O)OC(C)C(=O)Nc2ccccc2C(F)(F)F)cc1. The molecule has 30 heavy (non-hydrogen) atoms. The number of para-hydroxylation sites is 1. The zero-order valence-electron chi connectivity index (χ0n) is 16.5. The maximum Gasteiger partial charge on any atom is 0.418 e. The van der Waals surface area contributed by atoms with Gasteiger partial charge in [-0.15, -0.1) is 0 Å². The number of halogens is 3. The van der Waals surface area contributed by atoms with Gasteiger partial charge in [0.1, 0.15) is 11.5 Å². The summed E-state index contributed by atoms with van der Waals surface area (Å²) in [4.78, 5) is 24.0. The quantitative estimate of drug-likeness (QED) is 0.601. The van der Waals surface area contributed by atoms with Gasteiger partial charge in [0.2, 0.25) is 0 Å². The van der Waals surface area contributed by atoms with Crippen LogP contribution in [0.25, 0.3) is 0 Å². The van der Waals surface area contributed by atoms with Gasteiger partial charge < -0.3 is 19.5 Å². The number of carbonyl (C=O) groups excluding carboxylic acids is 2. The Hall–Kier alpha value is -3.23. The molecule has 9 heteroatoms. The lowest BCUT2D eigenvalue weighted by atomic mass is 10.1. The van der Waals surface area contributed by atoms with Gasteiger partial charge in [0.25, 0.3) is 5.91 Å². The van der Waals surface area contributed by atoms with E-state index in [1.165, 1.54) is 19.1 Å². The Morgan fingerprint density at radius 2 is 1.60 bits per heavy atom. The van der Waals surface area contributed by atoms with Crippen molar-refractivity contribution in [3.05, 3.63) is 54.1 Å². The Labute approximate surface area is 171 Å². The topological polar surface area (TPSA) is 73.9 Å². The average molecular weight is 425 g/mol. The van der Waals surface area contributed by atoms with Crippen LogP contribution in [0.4, 0.5) is 18.9 Å². The van der Waals surface area contributed by atoms with E-state index in [2.05, 4.69) is 5.32 Å². The van der Waals surface area contributed by atoms with Gasteiger partial charge in [-0.2, -0.15) is 13.2 Å². The highest BCUT2D eigenvalue weighted by molar-refractivity contribution is 5.95. The molecule has 0 aliphatic heterocycles. The Kier molecular flexibility index (Phi) is 8.08. The molecule has 1 unspecified atom stereocenters. The highest BCUT2D eigenvalue weighted by Crippen LogP contribution is 2.34. The highest BCUT2D eigenvalue weighted by atomic mass is 19.4. The summed E-state index contributed by atoms with van der Waals surface area (Å²) in [7, 11) is 0. The number of esters is 1. The van der Waals surface area contributed by atoms with Crippen LogP contribution in [0.15, 0.2) is 48.5 Å². The summed E-state index contributed by atoms with van der Waals surface area (Å²) in [5.74, 6) is -0.364. The second kappa shape index (κ2) is 10.5. The van der Waals surface area contributed by atoms with Gasteiger partial charge in [0, 0.05) is 0 Å². The lowest BCUT2D eigenvalue weighted by Gasteiger charge is -2.17. The molecule has 1 atom stereocenters. The summed E-state index contributed by atoms with van der Waals surface area (Å²) >= 11 is 0. The summed E-state index contributed by atoms with van der Waals surface area (Å²) in [6, 6.07) is 11.4. The van der Waals surface area contributed by atoms with Crippen molar-refractivity contribution in [2.75, 3.05) is 18.5 Å². The standard InChI is InChI=1S/C21H22F3NO5/c1-3-28-15-8-10-16(11-9-15)29-13-12-19(26)30-14(2)20(27)25-18-7-5-4-6-17(18)21(22,23)24/h4-11,14H,3,12-13H2,1-2H3,(H,25,27). The number of benzene rings is 2. The fraction of sp³-hybridized carbons (Fsp3) is 0.333. The molecule has 0 saturated heterocycles. The number of hydrogen-bond donors (Lipinski definition) is 1. The Balaban J connectivity index is 1.80.